The summed E-state index contributed by atoms with van der Waals surface area (Å²) < 4.78 is 16.6. The zero-order valence-corrected chi connectivity index (χ0v) is 17.5. The lowest BCUT2D eigenvalue weighted by Crippen LogP contribution is -2.30. The monoisotopic (exact) mass is 447 g/mol. The summed E-state index contributed by atoms with van der Waals surface area (Å²) in [7, 11) is 1.62. The minimum absolute atomic E-state index is 0.0521. The molecule has 6 nitrogen and oxygen atoms in total. The topological polar surface area (TPSA) is 73.1 Å². The first-order valence-corrected chi connectivity index (χ1v) is 9.66. The smallest absolute Gasteiger partial charge is 0.280 e. The predicted octanol–water partition coefficient (Wildman–Crippen LogP) is 3.56. The largest absolute Gasteiger partial charge is 0.343 e. The van der Waals surface area contributed by atoms with Crippen molar-refractivity contribution in [1.29, 1.82) is 0 Å². The Bertz CT molecular complexity index is 1160. The second-order valence-electron chi connectivity index (χ2n) is 7.94. The molecule has 1 atom stereocenters. The van der Waals surface area contributed by atoms with Crippen LogP contribution in [0.25, 0.3) is 0 Å². The van der Waals surface area contributed by atoms with Gasteiger partial charge < -0.3 is 5.32 Å². The second-order valence-corrected chi connectivity index (χ2v) is 8.79. The number of ketones is 1. The van der Waals surface area contributed by atoms with E-state index >= 15 is 0 Å². The number of aromatic nitrogens is 2. The SMILES string of the molecule is CC(=O)n1c(=O)c2c(n1C)NC1=C(C(=O)C(C)(C)C1)C2c1ccc(F)c(Br)c1. The zero-order valence-electron chi connectivity index (χ0n) is 15.9. The van der Waals surface area contributed by atoms with Crippen molar-refractivity contribution in [3.8, 4) is 0 Å². The van der Waals surface area contributed by atoms with Gasteiger partial charge >= 0.3 is 0 Å². The number of benzene rings is 1. The van der Waals surface area contributed by atoms with Gasteiger partial charge in [0.2, 0.25) is 5.91 Å². The average molecular weight is 448 g/mol. The van der Waals surface area contributed by atoms with E-state index in [4.69, 9.17) is 0 Å². The summed E-state index contributed by atoms with van der Waals surface area (Å²) in [6.45, 7) is 5.04. The Balaban J connectivity index is 2.04. The molecule has 2 aromatic rings. The van der Waals surface area contributed by atoms with E-state index in [0.29, 0.717) is 28.9 Å². The number of anilines is 1. The molecule has 0 fully saturated rings. The molecule has 0 bridgehead atoms. The molecule has 28 heavy (non-hydrogen) atoms. The zero-order chi connectivity index (χ0) is 20.5. The van der Waals surface area contributed by atoms with E-state index in [1.807, 2.05) is 13.8 Å². The number of allylic oxidation sites excluding steroid dienone is 2. The summed E-state index contributed by atoms with van der Waals surface area (Å²) in [6.07, 6.45) is 0.499. The van der Waals surface area contributed by atoms with Crippen LogP contribution in [0.3, 0.4) is 0 Å². The number of nitrogens with zero attached hydrogens (tertiary/aromatic N) is 2. The van der Waals surface area contributed by atoms with Gasteiger partial charge in [-0.05, 0) is 33.6 Å². The number of fused-ring (bicyclic) bond motifs is 1. The maximum absolute atomic E-state index is 13.8. The summed E-state index contributed by atoms with van der Waals surface area (Å²) in [6, 6.07) is 4.47. The van der Waals surface area contributed by atoms with Gasteiger partial charge in [0.1, 0.15) is 11.6 Å². The molecule has 1 aromatic heterocycles. The quantitative estimate of drug-likeness (QED) is 0.725. The van der Waals surface area contributed by atoms with Crippen LogP contribution < -0.4 is 10.9 Å². The fourth-order valence-electron chi connectivity index (χ4n) is 4.24. The van der Waals surface area contributed by atoms with Gasteiger partial charge in [-0.1, -0.05) is 19.9 Å². The fourth-order valence-corrected chi connectivity index (χ4v) is 4.63. The Hall–Kier alpha value is -2.48. The first kappa shape index (κ1) is 18.9. The van der Waals surface area contributed by atoms with Gasteiger partial charge in [0, 0.05) is 43.0 Å². The van der Waals surface area contributed by atoms with E-state index in [1.54, 1.807) is 19.2 Å². The molecule has 0 spiro atoms. The minimum atomic E-state index is -0.670. The van der Waals surface area contributed by atoms with Crippen LogP contribution >= 0.6 is 15.9 Å². The maximum Gasteiger partial charge on any atom is 0.280 e. The van der Waals surface area contributed by atoms with Crippen molar-refractivity contribution in [3.63, 3.8) is 0 Å². The van der Waals surface area contributed by atoms with E-state index in [9.17, 15) is 18.8 Å². The summed E-state index contributed by atoms with van der Waals surface area (Å²) >= 11 is 3.19. The fraction of sp³-hybridized carbons (Fsp3) is 0.350. The molecule has 0 radical (unpaired) electrons. The number of carbonyl (C=O) groups excluding carboxylic acids is 2. The second kappa shape index (κ2) is 6.01. The average Bonchev–Trinajstić information content (AvgIpc) is 2.99. The van der Waals surface area contributed by atoms with Crippen LogP contribution in [0.15, 0.2) is 38.7 Å². The van der Waals surface area contributed by atoms with E-state index in [1.165, 1.54) is 17.7 Å². The molecular formula is C20H19BrFN3O3. The molecule has 146 valence electrons. The van der Waals surface area contributed by atoms with Crippen molar-refractivity contribution in [2.75, 3.05) is 5.32 Å². The third-order valence-electron chi connectivity index (χ3n) is 5.53. The molecule has 0 amide bonds. The van der Waals surface area contributed by atoms with Crippen molar-refractivity contribution >= 4 is 33.4 Å². The van der Waals surface area contributed by atoms with Gasteiger partial charge in [0.05, 0.1) is 10.0 Å². The highest BCUT2D eigenvalue weighted by atomic mass is 79.9. The maximum atomic E-state index is 13.8. The number of nitrogens with one attached hydrogen (secondary N) is 1. The Morgan fingerprint density at radius 3 is 2.61 bits per heavy atom. The molecular weight excluding hydrogens is 429 g/mol. The highest BCUT2D eigenvalue weighted by Crippen LogP contribution is 2.50. The number of hydrogen-bond acceptors (Lipinski definition) is 4. The number of carbonyl (C=O) groups is 2. The van der Waals surface area contributed by atoms with Gasteiger partial charge in [-0.3, -0.25) is 19.1 Å². The molecule has 0 saturated carbocycles. The highest BCUT2D eigenvalue weighted by Gasteiger charge is 2.48. The van der Waals surface area contributed by atoms with Gasteiger partial charge in [0.15, 0.2) is 5.78 Å². The van der Waals surface area contributed by atoms with E-state index in [2.05, 4.69) is 21.2 Å². The van der Waals surface area contributed by atoms with Crippen molar-refractivity contribution in [3.05, 3.63) is 61.2 Å². The van der Waals surface area contributed by atoms with Crippen molar-refractivity contribution < 1.29 is 14.0 Å². The molecule has 8 heteroatoms. The Labute approximate surface area is 169 Å². The number of rotatable bonds is 1. The van der Waals surface area contributed by atoms with Gasteiger partial charge in [0.25, 0.3) is 5.56 Å². The molecule has 1 aromatic carbocycles. The number of hydrogen-bond donors (Lipinski definition) is 1. The van der Waals surface area contributed by atoms with Crippen molar-refractivity contribution in [1.82, 2.24) is 9.36 Å². The summed E-state index contributed by atoms with van der Waals surface area (Å²) in [5.74, 6) is -1.09. The van der Waals surface area contributed by atoms with Crippen LogP contribution in [0.4, 0.5) is 10.2 Å². The molecule has 0 saturated heterocycles. The van der Waals surface area contributed by atoms with Crippen LogP contribution in [-0.4, -0.2) is 21.1 Å². The summed E-state index contributed by atoms with van der Waals surface area (Å²) in [5.41, 5.74) is 1.11. The lowest BCUT2D eigenvalue weighted by molar-refractivity contribution is -0.122. The van der Waals surface area contributed by atoms with Gasteiger partial charge in [-0.25, -0.2) is 4.39 Å². The lowest BCUT2D eigenvalue weighted by Gasteiger charge is -2.26. The number of Topliss-reactive ketones (excluding diaryl/α,β-unsaturated/α-hetero) is 1. The predicted molar refractivity (Wildman–Crippen MR) is 106 cm³/mol. The molecule has 2 aliphatic rings. The summed E-state index contributed by atoms with van der Waals surface area (Å²) in [5, 5.41) is 3.22. The third-order valence-corrected chi connectivity index (χ3v) is 6.13. The van der Waals surface area contributed by atoms with Crippen LogP contribution in [0.1, 0.15) is 49.0 Å². The molecule has 1 aliphatic carbocycles. The van der Waals surface area contributed by atoms with Crippen LogP contribution in [0, 0.1) is 11.2 Å². The molecule has 1 N–H and O–H groups in total. The highest BCUT2D eigenvalue weighted by molar-refractivity contribution is 9.10. The lowest BCUT2D eigenvalue weighted by atomic mass is 9.79. The Morgan fingerprint density at radius 2 is 2.00 bits per heavy atom. The van der Waals surface area contributed by atoms with E-state index < -0.39 is 28.6 Å². The number of halogens is 2. The Kier molecular flexibility index (Phi) is 4.05. The summed E-state index contributed by atoms with van der Waals surface area (Å²) in [4.78, 5) is 38.3. The standard InChI is InChI=1S/C20H19BrFN3O3/c1-9(26)25-19(28)16-14(10-5-6-12(22)11(21)7-10)15-13(23-18(16)24(25)4)8-20(2,3)17(15)27/h5-7,14,23H,8H2,1-4H3. The molecule has 4 rings (SSSR count). The van der Waals surface area contributed by atoms with E-state index in [0.717, 1.165) is 10.4 Å². The van der Waals surface area contributed by atoms with Gasteiger partial charge in [-0.15, -0.1) is 0 Å². The van der Waals surface area contributed by atoms with E-state index in [-0.39, 0.29) is 10.3 Å². The van der Waals surface area contributed by atoms with Crippen LogP contribution in [0.2, 0.25) is 0 Å². The van der Waals surface area contributed by atoms with Crippen LogP contribution in [0.5, 0.6) is 0 Å². The first-order valence-electron chi connectivity index (χ1n) is 8.87. The van der Waals surface area contributed by atoms with Crippen molar-refractivity contribution in [2.24, 2.45) is 12.5 Å². The molecule has 1 unspecified atom stereocenters. The van der Waals surface area contributed by atoms with Gasteiger partial charge in [-0.2, -0.15) is 4.68 Å². The molecule has 1 aliphatic heterocycles. The molecule has 2 heterocycles. The third kappa shape index (κ3) is 2.47. The van der Waals surface area contributed by atoms with Crippen LogP contribution in [-0.2, 0) is 11.8 Å². The normalized spacial score (nSPS) is 20.1. The Morgan fingerprint density at radius 1 is 1.32 bits per heavy atom. The minimum Gasteiger partial charge on any atom is -0.343 e. The first-order chi connectivity index (χ1) is 13.0. The van der Waals surface area contributed by atoms with Crippen molar-refractivity contribution in [2.45, 2.75) is 33.1 Å².